The molecule has 0 aromatic heterocycles. The maximum absolute atomic E-state index is 12.5. The number of hydrogen-bond acceptors (Lipinski definition) is 6. The molecule has 2 aromatic rings. The Bertz CT molecular complexity index is 1150. The molecule has 0 aliphatic carbocycles. The summed E-state index contributed by atoms with van der Waals surface area (Å²) >= 11 is 0. The molecular formula is C32H44N4O6. The van der Waals surface area contributed by atoms with Crippen molar-refractivity contribution >= 4 is 29.9 Å². The number of benzene rings is 2. The number of hydrogen-bond donors (Lipinski definition) is 4. The van der Waals surface area contributed by atoms with Gasteiger partial charge in [-0.15, -0.1) is 0 Å². The lowest BCUT2D eigenvalue weighted by Gasteiger charge is -2.16. The van der Waals surface area contributed by atoms with Crippen molar-refractivity contribution in [2.24, 2.45) is 0 Å². The summed E-state index contributed by atoms with van der Waals surface area (Å²) in [4.78, 5) is 58.5. The van der Waals surface area contributed by atoms with Crippen molar-refractivity contribution < 1.29 is 28.7 Å². The van der Waals surface area contributed by atoms with Crippen molar-refractivity contribution in [3.05, 3.63) is 59.7 Å². The van der Waals surface area contributed by atoms with Crippen LogP contribution in [0.4, 0.5) is 0 Å². The molecule has 2 rings (SSSR count). The smallest absolute Gasteiger partial charge is 0.251 e. The third-order valence-corrected chi connectivity index (χ3v) is 6.64. The van der Waals surface area contributed by atoms with Gasteiger partial charge in [-0.1, -0.05) is 49.7 Å². The molecule has 2 aromatic carbocycles. The molecule has 4 N–H and O–H groups in total. The lowest BCUT2D eigenvalue weighted by molar-refractivity contribution is -0.127. The minimum Gasteiger partial charge on any atom is -0.379 e. The number of aryl methyl sites for hydroxylation is 1. The minimum atomic E-state index is -0.607. The number of Topliss-reactive ketones (excluding diaryl/α,β-unsaturated/α-hetero) is 1. The summed E-state index contributed by atoms with van der Waals surface area (Å²) in [5.74, 6) is -1.21. The predicted octanol–water partition coefficient (Wildman–Crippen LogP) is 2.94. The number of ether oxygens (including phenoxy) is 1. The second kappa shape index (κ2) is 19.1. The highest BCUT2D eigenvalue weighted by molar-refractivity contribution is 5.96. The molecule has 0 radical (unpaired) electrons. The second-order valence-electron chi connectivity index (χ2n) is 10.3. The highest BCUT2D eigenvalue weighted by atomic mass is 16.5. The van der Waals surface area contributed by atoms with Gasteiger partial charge in [0.25, 0.3) is 5.91 Å². The van der Waals surface area contributed by atoms with E-state index in [1.807, 2.05) is 19.1 Å². The number of rotatable bonds is 20. The lowest BCUT2D eigenvalue weighted by atomic mass is 10.0. The van der Waals surface area contributed by atoms with Crippen molar-refractivity contribution in [2.75, 3.05) is 26.3 Å². The van der Waals surface area contributed by atoms with Crippen LogP contribution in [0.5, 0.6) is 0 Å². The van der Waals surface area contributed by atoms with Gasteiger partial charge in [-0.25, -0.2) is 0 Å². The van der Waals surface area contributed by atoms with Gasteiger partial charge in [-0.2, -0.15) is 0 Å². The first kappa shape index (κ1) is 34.2. The van der Waals surface area contributed by atoms with Gasteiger partial charge in [0, 0.05) is 18.2 Å². The van der Waals surface area contributed by atoms with E-state index >= 15 is 0 Å². The van der Waals surface area contributed by atoms with Crippen LogP contribution in [0, 0.1) is 0 Å². The Hall–Kier alpha value is -4.05. The Kier molecular flexibility index (Phi) is 15.6. The zero-order valence-electron chi connectivity index (χ0n) is 24.9. The van der Waals surface area contributed by atoms with Gasteiger partial charge in [-0.3, -0.25) is 24.0 Å². The third kappa shape index (κ3) is 13.1. The van der Waals surface area contributed by atoms with Gasteiger partial charge in [0.05, 0.1) is 25.7 Å². The Morgan fingerprint density at radius 1 is 0.857 bits per heavy atom. The van der Waals surface area contributed by atoms with Gasteiger partial charge in [-0.05, 0) is 74.8 Å². The fourth-order valence-electron chi connectivity index (χ4n) is 4.26. The summed E-state index contributed by atoms with van der Waals surface area (Å²) in [6.45, 7) is 5.80. The van der Waals surface area contributed by atoms with Gasteiger partial charge < -0.3 is 26.0 Å². The lowest BCUT2D eigenvalue weighted by Crippen LogP contribution is -2.43. The molecule has 4 amide bonds. The van der Waals surface area contributed by atoms with E-state index in [4.69, 9.17) is 4.74 Å². The monoisotopic (exact) mass is 580 g/mol. The van der Waals surface area contributed by atoms with Gasteiger partial charge in [0.1, 0.15) is 0 Å². The summed E-state index contributed by atoms with van der Waals surface area (Å²) in [5.41, 5.74) is 3.91. The number of amides is 4. The van der Waals surface area contributed by atoms with Crippen LogP contribution in [0.2, 0.25) is 0 Å². The van der Waals surface area contributed by atoms with Crippen LogP contribution in [0.3, 0.4) is 0 Å². The zero-order chi connectivity index (χ0) is 30.7. The summed E-state index contributed by atoms with van der Waals surface area (Å²) in [6.07, 6.45) is 5.64. The SMILES string of the molecule is CCCCc1ccc(-c2ccc(C(=O)NCC(=O)NC(C)COCCCCC(NC(=O)CNC=O)C(C)=O)cc2)cc1. The van der Waals surface area contributed by atoms with E-state index in [2.05, 4.69) is 52.5 Å². The highest BCUT2D eigenvalue weighted by Crippen LogP contribution is 2.21. The summed E-state index contributed by atoms with van der Waals surface area (Å²) in [6, 6.07) is 14.9. The number of carbonyl (C=O) groups excluding carboxylic acids is 5. The third-order valence-electron chi connectivity index (χ3n) is 6.64. The number of unbranched alkanes of at least 4 members (excludes halogenated alkanes) is 2. The molecule has 0 bridgehead atoms. The normalized spacial score (nSPS) is 12.1. The van der Waals surface area contributed by atoms with Crippen molar-refractivity contribution in [2.45, 2.75) is 71.4 Å². The van der Waals surface area contributed by atoms with Gasteiger partial charge in [0.15, 0.2) is 5.78 Å². The largest absolute Gasteiger partial charge is 0.379 e. The maximum atomic E-state index is 12.5. The Morgan fingerprint density at radius 3 is 2.12 bits per heavy atom. The predicted molar refractivity (Wildman–Crippen MR) is 162 cm³/mol. The molecule has 0 fully saturated rings. The molecule has 0 aliphatic rings. The van der Waals surface area contributed by atoms with Crippen molar-refractivity contribution in [1.29, 1.82) is 0 Å². The van der Waals surface area contributed by atoms with Gasteiger partial charge >= 0.3 is 0 Å². The summed E-state index contributed by atoms with van der Waals surface area (Å²) in [5, 5.41) is 10.3. The Balaban J connectivity index is 1.63. The molecule has 0 saturated carbocycles. The molecule has 0 aliphatic heterocycles. The van der Waals surface area contributed by atoms with Crippen LogP contribution in [-0.2, 0) is 30.3 Å². The molecular weight excluding hydrogens is 536 g/mol. The van der Waals surface area contributed by atoms with Crippen molar-refractivity contribution in [3.63, 3.8) is 0 Å². The maximum Gasteiger partial charge on any atom is 0.251 e. The van der Waals surface area contributed by atoms with Crippen LogP contribution < -0.4 is 21.3 Å². The first-order chi connectivity index (χ1) is 20.2. The minimum absolute atomic E-state index is 0.148. The molecule has 10 nitrogen and oxygen atoms in total. The van der Waals surface area contributed by atoms with Crippen LogP contribution in [0.15, 0.2) is 48.5 Å². The van der Waals surface area contributed by atoms with E-state index < -0.39 is 11.9 Å². The van der Waals surface area contributed by atoms with Crippen LogP contribution in [0.1, 0.15) is 68.8 Å². The summed E-state index contributed by atoms with van der Waals surface area (Å²) in [7, 11) is 0. The fourth-order valence-corrected chi connectivity index (χ4v) is 4.26. The second-order valence-corrected chi connectivity index (χ2v) is 10.3. The van der Waals surface area contributed by atoms with E-state index in [0.29, 0.717) is 44.4 Å². The molecule has 0 spiro atoms. The fraction of sp³-hybridized carbons (Fsp3) is 0.469. The number of ketones is 1. The molecule has 0 heterocycles. The number of carbonyl (C=O) groups is 5. The Morgan fingerprint density at radius 2 is 1.50 bits per heavy atom. The molecule has 2 atom stereocenters. The topological polar surface area (TPSA) is 143 Å². The van der Waals surface area contributed by atoms with Crippen LogP contribution in [-0.4, -0.2) is 68.3 Å². The van der Waals surface area contributed by atoms with E-state index in [1.165, 1.54) is 25.3 Å². The van der Waals surface area contributed by atoms with E-state index in [1.54, 1.807) is 12.1 Å². The summed E-state index contributed by atoms with van der Waals surface area (Å²) < 4.78 is 5.62. The molecule has 42 heavy (non-hydrogen) atoms. The van der Waals surface area contributed by atoms with E-state index in [-0.39, 0.29) is 36.7 Å². The first-order valence-electron chi connectivity index (χ1n) is 14.5. The average Bonchev–Trinajstić information content (AvgIpc) is 2.99. The quantitative estimate of drug-likeness (QED) is 0.140. The molecule has 228 valence electrons. The van der Waals surface area contributed by atoms with Gasteiger partial charge in [0.2, 0.25) is 18.2 Å². The molecule has 2 unspecified atom stereocenters. The number of nitrogens with one attached hydrogen (secondary N) is 4. The Labute approximate surface area is 248 Å². The van der Waals surface area contributed by atoms with E-state index in [9.17, 15) is 24.0 Å². The highest BCUT2D eigenvalue weighted by Gasteiger charge is 2.16. The average molecular weight is 581 g/mol. The van der Waals surface area contributed by atoms with Crippen molar-refractivity contribution in [3.8, 4) is 11.1 Å². The first-order valence-corrected chi connectivity index (χ1v) is 14.5. The van der Waals surface area contributed by atoms with E-state index in [0.717, 1.165) is 17.5 Å². The van der Waals surface area contributed by atoms with Crippen LogP contribution in [0.25, 0.3) is 11.1 Å². The van der Waals surface area contributed by atoms with Crippen LogP contribution >= 0.6 is 0 Å². The standard InChI is InChI=1S/C32H44N4O6/c1-4-5-8-25-10-12-26(13-11-25)27-14-16-28(17-15-27)32(41)34-20-31(40)35-23(2)21-42-18-7-6-9-29(24(3)38)36-30(39)19-33-22-37/h10-17,22-23,29H,4-9,18-21H2,1-3H3,(H,33,37)(H,34,41)(H,35,40)(H,36,39). The van der Waals surface area contributed by atoms with Crippen molar-refractivity contribution in [1.82, 2.24) is 21.3 Å². The molecule has 0 saturated heterocycles. The zero-order valence-corrected chi connectivity index (χ0v) is 24.9. The molecule has 10 heteroatoms.